The lowest BCUT2D eigenvalue weighted by Gasteiger charge is -2.21. The summed E-state index contributed by atoms with van der Waals surface area (Å²) >= 11 is 0. The predicted molar refractivity (Wildman–Crippen MR) is 251 cm³/mol. The molecule has 0 saturated heterocycles. The van der Waals surface area contributed by atoms with Gasteiger partial charge in [-0.15, -0.1) is 0 Å². The van der Waals surface area contributed by atoms with Crippen LogP contribution in [0.3, 0.4) is 0 Å². The second-order valence-corrected chi connectivity index (χ2v) is 16.2. The largest absolute Gasteiger partial charge is 0.0622 e. The Labute approximate surface area is 333 Å². The molecule has 14 rings (SSSR count). The van der Waals surface area contributed by atoms with E-state index >= 15 is 0 Å². The molecule has 14 aromatic carbocycles. The Balaban J connectivity index is 1.29. The first-order valence-corrected chi connectivity index (χ1v) is 20.4. The SMILES string of the molecule is c1ccc(-c2ccccc2-c2c3cccc4c3c(c3cccc5cc6c7cccc8cccc(c87)c6c4c53)c3c4cccc5c(-c6ccccc6)ccc(c23)c54)cc1. The minimum Gasteiger partial charge on any atom is -0.0622 e. The van der Waals surface area contributed by atoms with E-state index < -0.39 is 0 Å². The zero-order chi connectivity index (χ0) is 37.6. The molecule has 0 amide bonds. The van der Waals surface area contributed by atoms with E-state index in [0.29, 0.717) is 0 Å². The molecule has 0 aliphatic rings. The number of benzene rings is 12. The average molecular weight is 729 g/mol. The maximum Gasteiger partial charge on any atom is -0.000696 e. The van der Waals surface area contributed by atoms with Gasteiger partial charge in [-0.25, -0.2) is 0 Å². The van der Waals surface area contributed by atoms with E-state index in [1.807, 2.05) is 0 Å². The molecule has 264 valence electrons. The molecule has 0 N–H and O–H groups in total. The first kappa shape index (κ1) is 30.7. The molecule has 0 bridgehead atoms. The molecule has 0 heteroatoms. The molecular weight excluding hydrogens is 697 g/mol. The molecular formula is C58H32. The van der Waals surface area contributed by atoms with E-state index in [1.54, 1.807) is 0 Å². The highest BCUT2D eigenvalue weighted by atomic mass is 14.3. The van der Waals surface area contributed by atoms with Gasteiger partial charge in [0.05, 0.1) is 0 Å². The van der Waals surface area contributed by atoms with Crippen molar-refractivity contribution in [3.63, 3.8) is 0 Å². The van der Waals surface area contributed by atoms with Crippen LogP contribution >= 0.6 is 0 Å². The summed E-state index contributed by atoms with van der Waals surface area (Å²) in [7, 11) is 0. The normalized spacial score (nSPS) is 12.5. The molecule has 0 aromatic heterocycles. The highest BCUT2D eigenvalue weighted by molar-refractivity contribution is 6.52. The van der Waals surface area contributed by atoms with Crippen molar-refractivity contribution in [2.24, 2.45) is 0 Å². The Morgan fingerprint density at radius 2 is 0.672 bits per heavy atom. The molecule has 58 heavy (non-hydrogen) atoms. The summed E-state index contributed by atoms with van der Waals surface area (Å²) in [6, 6.07) is 73.0. The minimum atomic E-state index is 1.23. The average Bonchev–Trinajstić information content (AvgIpc) is 3.79. The smallest absolute Gasteiger partial charge is 0.000696 e. The van der Waals surface area contributed by atoms with Crippen LogP contribution in [0, 0.1) is 0 Å². The van der Waals surface area contributed by atoms with Crippen molar-refractivity contribution >= 4 is 108 Å². The third-order valence-corrected chi connectivity index (χ3v) is 13.4. The lowest BCUT2D eigenvalue weighted by molar-refractivity contribution is 1.61. The molecule has 0 atom stereocenters. The van der Waals surface area contributed by atoms with Crippen molar-refractivity contribution in [1.82, 2.24) is 0 Å². The summed E-state index contributed by atoms with van der Waals surface area (Å²) in [6.07, 6.45) is 0. The van der Waals surface area contributed by atoms with E-state index in [2.05, 4.69) is 194 Å². The molecule has 0 spiro atoms. The fourth-order valence-electron chi connectivity index (χ4n) is 11.3. The lowest BCUT2D eigenvalue weighted by Crippen LogP contribution is -1.93. The fraction of sp³-hybridized carbons (Fsp3) is 0. The van der Waals surface area contributed by atoms with Gasteiger partial charge in [0.15, 0.2) is 0 Å². The van der Waals surface area contributed by atoms with Gasteiger partial charge in [0.25, 0.3) is 0 Å². The van der Waals surface area contributed by atoms with Crippen LogP contribution in [0.5, 0.6) is 0 Å². The van der Waals surface area contributed by atoms with Crippen LogP contribution in [0.15, 0.2) is 194 Å². The molecule has 0 radical (unpaired) electrons. The molecule has 0 saturated carbocycles. The van der Waals surface area contributed by atoms with Crippen LogP contribution in [-0.4, -0.2) is 0 Å². The van der Waals surface area contributed by atoms with Crippen LogP contribution in [0.25, 0.3) is 141 Å². The van der Waals surface area contributed by atoms with Gasteiger partial charge >= 0.3 is 0 Å². The zero-order valence-electron chi connectivity index (χ0n) is 31.5. The highest BCUT2D eigenvalue weighted by Gasteiger charge is 2.27. The summed E-state index contributed by atoms with van der Waals surface area (Å²) in [5.74, 6) is 0. The van der Waals surface area contributed by atoms with Crippen LogP contribution in [-0.2, 0) is 0 Å². The van der Waals surface area contributed by atoms with Gasteiger partial charge in [-0.05, 0) is 147 Å². The maximum absolute atomic E-state index is 2.48. The highest BCUT2D eigenvalue weighted by Crippen LogP contribution is 2.56. The number of hydrogen-bond acceptors (Lipinski definition) is 0. The number of hydrogen-bond donors (Lipinski definition) is 0. The van der Waals surface area contributed by atoms with Crippen LogP contribution in [0.4, 0.5) is 0 Å². The van der Waals surface area contributed by atoms with Gasteiger partial charge in [0.1, 0.15) is 0 Å². The second kappa shape index (κ2) is 11.1. The monoisotopic (exact) mass is 728 g/mol. The van der Waals surface area contributed by atoms with Gasteiger partial charge in [-0.1, -0.05) is 188 Å². The Morgan fingerprint density at radius 1 is 0.190 bits per heavy atom. The molecule has 0 heterocycles. The molecule has 0 fully saturated rings. The molecule has 0 aliphatic heterocycles. The quantitative estimate of drug-likeness (QED) is 0.126. The fourth-order valence-corrected chi connectivity index (χ4v) is 11.3. The van der Waals surface area contributed by atoms with Crippen LogP contribution in [0.2, 0.25) is 0 Å². The summed E-state index contributed by atoms with van der Waals surface area (Å²) < 4.78 is 0. The Hall–Kier alpha value is -7.54. The molecule has 14 aromatic rings. The van der Waals surface area contributed by atoms with Crippen molar-refractivity contribution in [2.45, 2.75) is 0 Å². The summed E-state index contributed by atoms with van der Waals surface area (Å²) in [6.45, 7) is 0. The molecule has 0 nitrogen and oxygen atoms in total. The minimum absolute atomic E-state index is 1.23. The third-order valence-electron chi connectivity index (χ3n) is 13.4. The first-order valence-electron chi connectivity index (χ1n) is 20.4. The topological polar surface area (TPSA) is 0 Å². The van der Waals surface area contributed by atoms with E-state index in [0.717, 1.165) is 0 Å². The van der Waals surface area contributed by atoms with E-state index in [9.17, 15) is 0 Å². The summed E-state index contributed by atoms with van der Waals surface area (Å²) in [5, 5.41) is 26.7. The number of rotatable bonds is 3. The van der Waals surface area contributed by atoms with Crippen LogP contribution in [0.1, 0.15) is 0 Å². The number of fused-ring (bicyclic) bond motifs is 10. The van der Waals surface area contributed by atoms with Gasteiger partial charge in [-0.3, -0.25) is 0 Å². The first-order chi connectivity index (χ1) is 28.8. The van der Waals surface area contributed by atoms with Crippen molar-refractivity contribution in [2.75, 3.05) is 0 Å². The second-order valence-electron chi connectivity index (χ2n) is 16.2. The molecule has 0 unspecified atom stereocenters. The van der Waals surface area contributed by atoms with Crippen molar-refractivity contribution in [1.29, 1.82) is 0 Å². The maximum atomic E-state index is 2.48. The van der Waals surface area contributed by atoms with Gasteiger partial charge in [0.2, 0.25) is 0 Å². The molecule has 0 aliphatic carbocycles. The Bertz CT molecular complexity index is 3980. The van der Waals surface area contributed by atoms with Gasteiger partial charge in [0, 0.05) is 0 Å². The van der Waals surface area contributed by atoms with Gasteiger partial charge in [-0.2, -0.15) is 0 Å². The predicted octanol–water partition coefficient (Wildman–Crippen LogP) is 16.5. The zero-order valence-corrected chi connectivity index (χ0v) is 31.5. The van der Waals surface area contributed by atoms with Crippen molar-refractivity contribution < 1.29 is 0 Å². The van der Waals surface area contributed by atoms with E-state index in [4.69, 9.17) is 0 Å². The van der Waals surface area contributed by atoms with Gasteiger partial charge < -0.3 is 0 Å². The Morgan fingerprint density at radius 3 is 1.41 bits per heavy atom. The Kier molecular flexibility index (Phi) is 5.85. The summed E-state index contributed by atoms with van der Waals surface area (Å²) in [5.41, 5.74) is 7.58. The van der Waals surface area contributed by atoms with E-state index in [1.165, 1.54) is 141 Å². The summed E-state index contributed by atoms with van der Waals surface area (Å²) in [4.78, 5) is 0. The third kappa shape index (κ3) is 3.76. The van der Waals surface area contributed by atoms with Crippen molar-refractivity contribution in [3.8, 4) is 33.4 Å². The standard InChI is InChI=1S/C58H32/c1-3-14-33(15-4-1)37-21-7-8-22-40(37)52-45-28-13-29-46-53(45)56(58-44-27-12-24-39-38(34-16-5-2-6-17-34)30-31-47(51(39)44)57(52)58)43-26-11-20-36-32-48-41-23-9-18-35-19-10-25-42(49(35)41)54(48)55(46)50(36)43/h1-32H. The van der Waals surface area contributed by atoms with Crippen molar-refractivity contribution in [3.05, 3.63) is 194 Å². The lowest BCUT2D eigenvalue weighted by atomic mass is 9.81. The van der Waals surface area contributed by atoms with Crippen LogP contribution < -0.4 is 0 Å². The van der Waals surface area contributed by atoms with E-state index in [-0.39, 0.29) is 0 Å².